The highest BCUT2D eigenvalue weighted by Crippen LogP contribution is 2.18. The minimum Gasteiger partial charge on any atom is -0.337 e. The maximum absolute atomic E-state index is 5.19. The van der Waals surface area contributed by atoms with Crippen molar-refractivity contribution in [3.8, 4) is 11.5 Å². The van der Waals surface area contributed by atoms with Crippen LogP contribution in [0.2, 0.25) is 0 Å². The Hall–Kier alpha value is -1.75. The van der Waals surface area contributed by atoms with Gasteiger partial charge in [-0.1, -0.05) is 25.1 Å². The van der Waals surface area contributed by atoms with Crippen molar-refractivity contribution in [2.24, 2.45) is 0 Å². The summed E-state index contributed by atoms with van der Waals surface area (Å²) in [6.07, 6.45) is 1.81. The molecule has 0 aromatic carbocycles. The molecule has 0 bridgehead atoms. The Balaban J connectivity index is 2.18. The number of aryl methyl sites for hydroxylation is 2. The van der Waals surface area contributed by atoms with Crippen LogP contribution >= 0.6 is 0 Å². The largest absolute Gasteiger partial charge is 0.337 e. The molecule has 96 valence electrons. The van der Waals surface area contributed by atoms with Gasteiger partial charge in [0.25, 0.3) is 0 Å². The standard InChI is InChI=1S/C13H18N4O/c1-8(2)14-7-11-16-13(17-18-11)12-10(4)5-9(3)6-15-12/h5-6,8,14H,7H2,1-4H3. The topological polar surface area (TPSA) is 63.8 Å². The second-order valence-electron chi connectivity index (χ2n) is 4.73. The van der Waals surface area contributed by atoms with E-state index in [4.69, 9.17) is 4.52 Å². The van der Waals surface area contributed by atoms with Crippen LogP contribution in [0.25, 0.3) is 11.5 Å². The molecule has 0 unspecified atom stereocenters. The van der Waals surface area contributed by atoms with Crippen LogP contribution in [0.4, 0.5) is 0 Å². The van der Waals surface area contributed by atoms with Crippen LogP contribution in [0.15, 0.2) is 16.8 Å². The van der Waals surface area contributed by atoms with Gasteiger partial charge in [0.2, 0.25) is 11.7 Å². The van der Waals surface area contributed by atoms with Gasteiger partial charge in [0, 0.05) is 12.2 Å². The first kappa shape index (κ1) is 12.7. The van der Waals surface area contributed by atoms with E-state index in [2.05, 4.69) is 40.4 Å². The number of pyridine rings is 1. The first-order valence-electron chi connectivity index (χ1n) is 6.06. The van der Waals surface area contributed by atoms with E-state index < -0.39 is 0 Å². The molecular formula is C13H18N4O. The molecule has 0 atom stereocenters. The predicted octanol–water partition coefficient (Wildman–Crippen LogP) is 2.25. The van der Waals surface area contributed by atoms with Crippen molar-refractivity contribution in [1.82, 2.24) is 20.4 Å². The average molecular weight is 246 g/mol. The van der Waals surface area contributed by atoms with Gasteiger partial charge in [-0.05, 0) is 25.0 Å². The second kappa shape index (κ2) is 5.27. The van der Waals surface area contributed by atoms with Crippen LogP contribution in [-0.2, 0) is 6.54 Å². The van der Waals surface area contributed by atoms with Crippen molar-refractivity contribution in [3.05, 3.63) is 29.3 Å². The third kappa shape index (κ3) is 2.92. The second-order valence-corrected chi connectivity index (χ2v) is 4.73. The molecule has 0 saturated carbocycles. The first-order chi connectivity index (χ1) is 8.56. The van der Waals surface area contributed by atoms with Crippen molar-refractivity contribution < 1.29 is 4.52 Å². The number of hydrogen-bond acceptors (Lipinski definition) is 5. The Bertz CT molecular complexity index is 534. The summed E-state index contributed by atoms with van der Waals surface area (Å²) < 4.78 is 5.19. The SMILES string of the molecule is Cc1cnc(-c2noc(CNC(C)C)n2)c(C)c1. The number of rotatable bonds is 4. The molecule has 5 nitrogen and oxygen atoms in total. The van der Waals surface area contributed by atoms with Gasteiger partial charge in [0.05, 0.1) is 6.54 Å². The van der Waals surface area contributed by atoms with Crippen LogP contribution < -0.4 is 5.32 Å². The van der Waals surface area contributed by atoms with Gasteiger partial charge in [-0.15, -0.1) is 0 Å². The highest BCUT2D eigenvalue weighted by molar-refractivity contribution is 5.53. The lowest BCUT2D eigenvalue weighted by Crippen LogP contribution is -2.21. The molecule has 0 amide bonds. The molecule has 5 heteroatoms. The highest BCUT2D eigenvalue weighted by Gasteiger charge is 2.12. The number of nitrogens with one attached hydrogen (secondary N) is 1. The Morgan fingerprint density at radius 2 is 2.11 bits per heavy atom. The molecule has 2 rings (SSSR count). The number of hydrogen-bond donors (Lipinski definition) is 1. The Labute approximate surface area is 107 Å². The minimum absolute atomic E-state index is 0.389. The van der Waals surface area contributed by atoms with Gasteiger partial charge < -0.3 is 9.84 Å². The van der Waals surface area contributed by atoms with Crippen LogP contribution in [0.1, 0.15) is 30.9 Å². The molecule has 0 aliphatic heterocycles. The molecule has 0 saturated heterocycles. The summed E-state index contributed by atoms with van der Waals surface area (Å²) in [6.45, 7) is 8.73. The smallest absolute Gasteiger partial charge is 0.240 e. The zero-order chi connectivity index (χ0) is 13.1. The lowest BCUT2D eigenvalue weighted by molar-refractivity contribution is 0.362. The molecule has 2 heterocycles. The van der Waals surface area contributed by atoms with E-state index in [-0.39, 0.29) is 0 Å². The van der Waals surface area contributed by atoms with Crippen molar-refractivity contribution in [3.63, 3.8) is 0 Å². The Morgan fingerprint density at radius 1 is 1.33 bits per heavy atom. The molecule has 2 aromatic rings. The fourth-order valence-electron chi connectivity index (χ4n) is 1.66. The van der Waals surface area contributed by atoms with Crippen LogP contribution in [0, 0.1) is 13.8 Å². The Kier molecular flexibility index (Phi) is 3.72. The quantitative estimate of drug-likeness (QED) is 0.896. The molecule has 18 heavy (non-hydrogen) atoms. The van der Waals surface area contributed by atoms with E-state index in [1.54, 1.807) is 0 Å². The van der Waals surface area contributed by atoms with E-state index in [1.165, 1.54) is 0 Å². The lowest BCUT2D eigenvalue weighted by Gasteiger charge is -2.03. The predicted molar refractivity (Wildman–Crippen MR) is 69.0 cm³/mol. The molecule has 0 aliphatic carbocycles. The van der Waals surface area contributed by atoms with Gasteiger partial charge in [-0.3, -0.25) is 4.98 Å². The fourth-order valence-corrected chi connectivity index (χ4v) is 1.66. The summed E-state index contributed by atoms with van der Waals surface area (Å²) >= 11 is 0. The number of nitrogens with zero attached hydrogens (tertiary/aromatic N) is 3. The van der Waals surface area contributed by atoms with Crippen molar-refractivity contribution >= 4 is 0 Å². The van der Waals surface area contributed by atoms with Gasteiger partial charge in [-0.25, -0.2) is 0 Å². The van der Waals surface area contributed by atoms with Crippen molar-refractivity contribution in [1.29, 1.82) is 0 Å². The van der Waals surface area contributed by atoms with E-state index in [0.717, 1.165) is 16.8 Å². The molecule has 0 aliphatic rings. The summed E-state index contributed by atoms with van der Waals surface area (Å²) in [6, 6.07) is 2.45. The average Bonchev–Trinajstić information content (AvgIpc) is 2.75. The zero-order valence-electron chi connectivity index (χ0n) is 11.2. The molecular weight excluding hydrogens is 228 g/mol. The zero-order valence-corrected chi connectivity index (χ0v) is 11.2. The van der Waals surface area contributed by atoms with Crippen molar-refractivity contribution in [2.75, 3.05) is 0 Å². The molecule has 0 spiro atoms. The summed E-state index contributed by atoms with van der Waals surface area (Å²) in [4.78, 5) is 8.69. The van der Waals surface area contributed by atoms with Gasteiger partial charge in [0.15, 0.2) is 0 Å². The fraction of sp³-hybridized carbons (Fsp3) is 0.462. The molecule has 0 radical (unpaired) electrons. The minimum atomic E-state index is 0.389. The highest BCUT2D eigenvalue weighted by atomic mass is 16.5. The van der Waals surface area contributed by atoms with Crippen LogP contribution in [0.5, 0.6) is 0 Å². The molecule has 1 N–H and O–H groups in total. The molecule has 0 fully saturated rings. The van der Waals surface area contributed by atoms with E-state index in [1.807, 2.05) is 20.0 Å². The Morgan fingerprint density at radius 3 is 2.78 bits per heavy atom. The monoisotopic (exact) mass is 246 g/mol. The normalized spacial score (nSPS) is 11.2. The lowest BCUT2D eigenvalue weighted by atomic mass is 10.1. The van der Waals surface area contributed by atoms with E-state index >= 15 is 0 Å². The van der Waals surface area contributed by atoms with Crippen LogP contribution in [0.3, 0.4) is 0 Å². The van der Waals surface area contributed by atoms with Gasteiger partial charge in [0.1, 0.15) is 5.69 Å². The molecule has 2 aromatic heterocycles. The maximum Gasteiger partial charge on any atom is 0.240 e. The van der Waals surface area contributed by atoms with E-state index in [0.29, 0.717) is 24.3 Å². The van der Waals surface area contributed by atoms with Crippen molar-refractivity contribution in [2.45, 2.75) is 40.3 Å². The van der Waals surface area contributed by atoms with Gasteiger partial charge >= 0.3 is 0 Å². The van der Waals surface area contributed by atoms with Gasteiger partial charge in [-0.2, -0.15) is 4.98 Å². The van der Waals surface area contributed by atoms with E-state index in [9.17, 15) is 0 Å². The third-order valence-electron chi connectivity index (χ3n) is 2.56. The number of aromatic nitrogens is 3. The van der Waals surface area contributed by atoms with Crippen LogP contribution in [-0.4, -0.2) is 21.2 Å². The maximum atomic E-state index is 5.19. The first-order valence-corrected chi connectivity index (χ1v) is 6.06. The third-order valence-corrected chi connectivity index (χ3v) is 2.56. The summed E-state index contributed by atoms with van der Waals surface area (Å²) in [5, 5.41) is 7.20. The summed E-state index contributed by atoms with van der Waals surface area (Å²) in [5.74, 6) is 1.13. The summed E-state index contributed by atoms with van der Waals surface area (Å²) in [7, 11) is 0. The summed E-state index contributed by atoms with van der Waals surface area (Å²) in [5.41, 5.74) is 2.96.